The first-order chi connectivity index (χ1) is 17.3. The zero-order chi connectivity index (χ0) is 25.3. The number of alkyl halides is 3. The lowest BCUT2D eigenvalue weighted by Gasteiger charge is -2.22. The highest BCUT2D eigenvalue weighted by Gasteiger charge is 2.36. The summed E-state index contributed by atoms with van der Waals surface area (Å²) in [6.45, 7) is 2.26. The van der Waals surface area contributed by atoms with Gasteiger partial charge in [-0.3, -0.25) is 4.79 Å². The third-order valence-electron chi connectivity index (χ3n) is 7.63. The molecule has 0 saturated heterocycles. The van der Waals surface area contributed by atoms with Gasteiger partial charge >= 0.3 is 12.1 Å². The molecule has 0 spiro atoms. The van der Waals surface area contributed by atoms with E-state index in [0.717, 1.165) is 50.5 Å². The van der Waals surface area contributed by atoms with E-state index in [0.29, 0.717) is 29.9 Å². The topological polar surface area (TPSA) is 39.9 Å². The number of rotatable bonds is 7. The van der Waals surface area contributed by atoms with Crippen molar-refractivity contribution in [2.45, 2.75) is 82.9 Å². The van der Waals surface area contributed by atoms with Crippen molar-refractivity contribution < 1.29 is 27.4 Å². The zero-order valence-electron chi connectivity index (χ0n) is 20.6. The minimum Gasteiger partial charge on any atom is -0.489 e. The maximum Gasteiger partial charge on any atom is 0.416 e. The van der Waals surface area contributed by atoms with E-state index in [1.165, 1.54) is 17.3 Å². The smallest absolute Gasteiger partial charge is 0.416 e. The van der Waals surface area contributed by atoms with Crippen molar-refractivity contribution in [3.05, 3.63) is 70.5 Å². The largest absolute Gasteiger partial charge is 0.489 e. The van der Waals surface area contributed by atoms with Gasteiger partial charge in [0.05, 0.1) is 18.6 Å². The van der Waals surface area contributed by atoms with Crippen LogP contribution < -0.4 is 4.74 Å². The van der Waals surface area contributed by atoms with Crippen LogP contribution in [0.4, 0.5) is 13.2 Å². The molecule has 4 nitrogen and oxygen atoms in total. The van der Waals surface area contributed by atoms with E-state index >= 15 is 0 Å². The fourth-order valence-electron chi connectivity index (χ4n) is 5.95. The monoisotopic (exact) mass is 499 g/mol. The predicted octanol–water partition coefficient (Wildman–Crippen LogP) is 7.57. The first kappa shape index (κ1) is 24.7. The van der Waals surface area contributed by atoms with Gasteiger partial charge in [0.2, 0.25) is 0 Å². The number of aryl methyl sites for hydroxylation is 1. The Morgan fingerprint density at radius 3 is 2.58 bits per heavy atom. The molecule has 3 aromatic rings. The number of halogens is 3. The van der Waals surface area contributed by atoms with Crippen LogP contribution in [0.3, 0.4) is 0 Å². The molecule has 5 rings (SSSR count). The van der Waals surface area contributed by atoms with Crippen molar-refractivity contribution in [2.75, 3.05) is 6.61 Å². The van der Waals surface area contributed by atoms with Gasteiger partial charge in [0, 0.05) is 23.5 Å². The summed E-state index contributed by atoms with van der Waals surface area (Å²) in [6, 6.07) is 10.5. The van der Waals surface area contributed by atoms with E-state index in [2.05, 4.69) is 10.5 Å². The van der Waals surface area contributed by atoms with E-state index < -0.39 is 11.7 Å². The van der Waals surface area contributed by atoms with Crippen LogP contribution in [0.2, 0.25) is 0 Å². The van der Waals surface area contributed by atoms with Crippen LogP contribution >= 0.6 is 0 Å². The molecule has 1 aromatic carbocycles. The number of carbonyl (C=O) groups excluding carboxylic acids is 1. The zero-order valence-corrected chi connectivity index (χ0v) is 20.6. The Labute approximate surface area is 209 Å². The summed E-state index contributed by atoms with van der Waals surface area (Å²) in [4.78, 5) is 12.1. The molecule has 36 heavy (non-hydrogen) atoms. The summed E-state index contributed by atoms with van der Waals surface area (Å²) >= 11 is 0. The van der Waals surface area contributed by atoms with Gasteiger partial charge in [0.15, 0.2) is 0 Å². The Bertz CT molecular complexity index is 1240. The quantitative estimate of drug-likeness (QED) is 0.315. The second-order valence-corrected chi connectivity index (χ2v) is 9.99. The summed E-state index contributed by atoms with van der Waals surface area (Å²) in [6.07, 6.45) is 4.46. The van der Waals surface area contributed by atoms with Gasteiger partial charge in [-0.15, -0.1) is 0 Å². The number of hydrogen-bond acceptors (Lipinski definition) is 3. The normalized spacial score (nSPS) is 18.4. The van der Waals surface area contributed by atoms with Crippen LogP contribution in [-0.4, -0.2) is 17.0 Å². The molecule has 7 heteroatoms. The van der Waals surface area contributed by atoms with Crippen molar-refractivity contribution in [3.8, 4) is 5.75 Å². The molecule has 0 bridgehead atoms. The van der Waals surface area contributed by atoms with Gasteiger partial charge in [-0.05, 0) is 85.8 Å². The maximum atomic E-state index is 13.8. The van der Waals surface area contributed by atoms with Crippen molar-refractivity contribution in [3.63, 3.8) is 0 Å². The van der Waals surface area contributed by atoms with E-state index in [1.54, 1.807) is 12.1 Å². The SMILES string of the molecule is CCOC(=O)CC1CCCc2c1cc1cc(OCc3ccc(C4CCCC4)c(C(F)(F)F)c3)ccn21. The lowest BCUT2D eigenvalue weighted by Crippen LogP contribution is -2.15. The Morgan fingerprint density at radius 2 is 1.83 bits per heavy atom. The molecule has 192 valence electrons. The van der Waals surface area contributed by atoms with Crippen molar-refractivity contribution in [2.24, 2.45) is 0 Å². The number of fused-ring (bicyclic) bond motifs is 3. The van der Waals surface area contributed by atoms with E-state index in [9.17, 15) is 18.0 Å². The number of pyridine rings is 1. The molecule has 2 aliphatic carbocycles. The molecule has 0 radical (unpaired) electrons. The van der Waals surface area contributed by atoms with Crippen LogP contribution in [0, 0.1) is 0 Å². The molecule has 1 unspecified atom stereocenters. The van der Waals surface area contributed by atoms with Gasteiger partial charge in [-0.1, -0.05) is 25.0 Å². The second-order valence-electron chi connectivity index (χ2n) is 9.99. The molecular weight excluding hydrogens is 467 g/mol. The third kappa shape index (κ3) is 5.11. The average Bonchev–Trinajstić information content (AvgIpc) is 3.51. The number of benzene rings is 1. The van der Waals surface area contributed by atoms with Crippen LogP contribution in [-0.2, 0) is 28.7 Å². The minimum atomic E-state index is -4.38. The molecular formula is C29H32F3NO3. The molecule has 2 aliphatic rings. The van der Waals surface area contributed by atoms with Crippen LogP contribution in [0.5, 0.6) is 5.75 Å². The molecule has 1 saturated carbocycles. The summed E-state index contributed by atoms with van der Waals surface area (Å²) in [5.41, 5.74) is 3.73. The number of hydrogen-bond donors (Lipinski definition) is 0. The third-order valence-corrected chi connectivity index (χ3v) is 7.63. The first-order valence-corrected chi connectivity index (χ1v) is 13.0. The van der Waals surface area contributed by atoms with E-state index in [4.69, 9.17) is 9.47 Å². The number of esters is 1. The Kier molecular flexibility index (Phi) is 7.00. The number of aromatic nitrogens is 1. The van der Waals surface area contributed by atoms with Gasteiger partial charge in [0.25, 0.3) is 0 Å². The number of carbonyl (C=O) groups is 1. The van der Waals surface area contributed by atoms with Crippen LogP contribution in [0.15, 0.2) is 42.6 Å². The Morgan fingerprint density at radius 1 is 1.03 bits per heavy atom. The second kappa shape index (κ2) is 10.2. The molecule has 0 amide bonds. The first-order valence-electron chi connectivity index (χ1n) is 13.0. The highest BCUT2D eigenvalue weighted by molar-refractivity contribution is 5.71. The summed E-state index contributed by atoms with van der Waals surface area (Å²) in [5.74, 6) is 0.558. The summed E-state index contributed by atoms with van der Waals surface area (Å²) in [7, 11) is 0. The molecule has 0 N–H and O–H groups in total. The van der Waals surface area contributed by atoms with E-state index in [1.807, 2.05) is 25.3 Å². The molecule has 0 aliphatic heterocycles. The Balaban J connectivity index is 1.34. The lowest BCUT2D eigenvalue weighted by molar-refractivity contribution is -0.143. The highest BCUT2D eigenvalue weighted by Crippen LogP contribution is 2.42. The fourth-order valence-corrected chi connectivity index (χ4v) is 5.95. The average molecular weight is 500 g/mol. The standard InChI is InChI=1S/C29H32F3NO3/c1-2-35-28(34)15-21-8-5-9-27-25(21)17-22-16-23(12-13-33(22)27)36-18-19-10-11-24(20-6-3-4-7-20)26(14-19)29(30,31)32/h10-14,16-17,20-21H,2-9,15,18H2,1H3. The fraction of sp³-hybridized carbons (Fsp3) is 0.483. The van der Waals surface area contributed by atoms with Gasteiger partial charge in [-0.25, -0.2) is 0 Å². The predicted molar refractivity (Wildman–Crippen MR) is 131 cm³/mol. The van der Waals surface area contributed by atoms with E-state index in [-0.39, 0.29) is 24.4 Å². The number of ether oxygens (including phenoxy) is 2. The molecule has 1 atom stereocenters. The van der Waals surface area contributed by atoms with Crippen molar-refractivity contribution >= 4 is 11.5 Å². The van der Waals surface area contributed by atoms with Crippen molar-refractivity contribution in [1.29, 1.82) is 0 Å². The van der Waals surface area contributed by atoms with Crippen LogP contribution in [0.1, 0.15) is 91.7 Å². The molecule has 2 heterocycles. The van der Waals surface area contributed by atoms with Crippen molar-refractivity contribution in [1.82, 2.24) is 4.40 Å². The van der Waals surface area contributed by atoms with Gasteiger partial charge in [-0.2, -0.15) is 13.2 Å². The molecule has 1 fully saturated rings. The van der Waals surface area contributed by atoms with Gasteiger partial charge in [0.1, 0.15) is 12.4 Å². The van der Waals surface area contributed by atoms with Gasteiger partial charge < -0.3 is 13.9 Å². The van der Waals surface area contributed by atoms with Crippen LogP contribution in [0.25, 0.3) is 5.52 Å². The summed E-state index contributed by atoms with van der Waals surface area (Å²) in [5, 5.41) is 0. The molecule has 2 aromatic heterocycles. The maximum absolute atomic E-state index is 13.8. The minimum absolute atomic E-state index is 0.00736. The highest BCUT2D eigenvalue weighted by atomic mass is 19.4. The summed E-state index contributed by atoms with van der Waals surface area (Å²) < 4.78 is 54.7. The Hall–Kier alpha value is -2.96. The number of nitrogens with zero attached hydrogens (tertiary/aromatic N) is 1. The lowest BCUT2D eigenvalue weighted by atomic mass is 9.85.